The predicted molar refractivity (Wildman–Crippen MR) is 85.4 cm³/mol. The second kappa shape index (κ2) is 9.29. The minimum Gasteiger partial charge on any atom is -0.507 e. The Balaban J connectivity index is 2.99. The SMILES string of the molecule is CCOC(=O)C(=NNC(=O)c1ccccc1O)C(C)C(=O)OCC. The summed E-state index contributed by atoms with van der Waals surface area (Å²) >= 11 is 0. The lowest BCUT2D eigenvalue weighted by Gasteiger charge is -2.13. The molecule has 8 heteroatoms. The van der Waals surface area contributed by atoms with Crippen LogP contribution in [0.15, 0.2) is 29.4 Å². The van der Waals surface area contributed by atoms with Crippen molar-refractivity contribution in [3.63, 3.8) is 0 Å². The predicted octanol–water partition coefficient (Wildman–Crippen LogP) is 1.24. The lowest BCUT2D eigenvalue weighted by molar-refractivity contribution is -0.146. The highest BCUT2D eigenvalue weighted by molar-refractivity contribution is 6.40. The topological polar surface area (TPSA) is 114 Å². The van der Waals surface area contributed by atoms with Crippen LogP contribution in [0.4, 0.5) is 0 Å². The first-order chi connectivity index (χ1) is 11.4. The highest BCUT2D eigenvalue weighted by atomic mass is 16.5. The molecule has 0 fully saturated rings. The van der Waals surface area contributed by atoms with Crippen LogP contribution in [0.2, 0.25) is 0 Å². The summed E-state index contributed by atoms with van der Waals surface area (Å²) in [6.07, 6.45) is 0. The molecule has 0 aliphatic rings. The summed E-state index contributed by atoms with van der Waals surface area (Å²) in [7, 11) is 0. The van der Waals surface area contributed by atoms with E-state index in [1.54, 1.807) is 26.0 Å². The zero-order valence-corrected chi connectivity index (χ0v) is 13.7. The van der Waals surface area contributed by atoms with Gasteiger partial charge in [-0.3, -0.25) is 9.59 Å². The highest BCUT2D eigenvalue weighted by Gasteiger charge is 2.28. The Bertz CT molecular complexity index is 641. The summed E-state index contributed by atoms with van der Waals surface area (Å²) in [4.78, 5) is 35.8. The smallest absolute Gasteiger partial charge is 0.355 e. The molecule has 0 spiro atoms. The maximum Gasteiger partial charge on any atom is 0.355 e. The fourth-order valence-electron chi connectivity index (χ4n) is 1.74. The maximum atomic E-state index is 12.0. The number of para-hydroxylation sites is 1. The van der Waals surface area contributed by atoms with E-state index < -0.39 is 23.8 Å². The molecule has 0 bridgehead atoms. The van der Waals surface area contributed by atoms with E-state index in [-0.39, 0.29) is 30.2 Å². The molecule has 0 radical (unpaired) electrons. The highest BCUT2D eigenvalue weighted by Crippen LogP contribution is 2.15. The zero-order chi connectivity index (χ0) is 18.1. The Hall–Kier alpha value is -2.90. The summed E-state index contributed by atoms with van der Waals surface area (Å²) < 4.78 is 9.68. The Morgan fingerprint density at radius 1 is 1.17 bits per heavy atom. The van der Waals surface area contributed by atoms with Gasteiger partial charge < -0.3 is 14.6 Å². The van der Waals surface area contributed by atoms with Gasteiger partial charge in [0, 0.05) is 0 Å². The average Bonchev–Trinajstić information content (AvgIpc) is 2.55. The van der Waals surface area contributed by atoms with Crippen molar-refractivity contribution >= 4 is 23.6 Å². The van der Waals surface area contributed by atoms with Gasteiger partial charge in [-0.25, -0.2) is 10.2 Å². The van der Waals surface area contributed by atoms with Gasteiger partial charge in [0.05, 0.1) is 18.8 Å². The number of nitrogens with one attached hydrogen (secondary N) is 1. The van der Waals surface area contributed by atoms with E-state index in [1.165, 1.54) is 19.1 Å². The van der Waals surface area contributed by atoms with E-state index >= 15 is 0 Å². The summed E-state index contributed by atoms with van der Waals surface area (Å²) in [6, 6.07) is 5.85. The van der Waals surface area contributed by atoms with Crippen LogP contribution >= 0.6 is 0 Å². The Morgan fingerprint density at radius 3 is 2.38 bits per heavy atom. The van der Waals surface area contributed by atoms with E-state index in [0.29, 0.717) is 0 Å². The molecule has 1 unspecified atom stereocenters. The number of carbonyl (C=O) groups excluding carboxylic acids is 3. The van der Waals surface area contributed by atoms with E-state index in [1.807, 2.05) is 0 Å². The van der Waals surface area contributed by atoms with Gasteiger partial charge in [0.1, 0.15) is 11.7 Å². The third-order valence-corrected chi connectivity index (χ3v) is 2.96. The van der Waals surface area contributed by atoms with Crippen LogP contribution in [-0.4, -0.2) is 41.9 Å². The van der Waals surface area contributed by atoms with E-state index in [4.69, 9.17) is 9.47 Å². The second-order valence-electron chi connectivity index (χ2n) is 4.65. The van der Waals surface area contributed by atoms with Crippen molar-refractivity contribution in [2.75, 3.05) is 13.2 Å². The number of hydrogen-bond donors (Lipinski definition) is 2. The van der Waals surface area contributed by atoms with Crippen molar-refractivity contribution in [3.05, 3.63) is 29.8 Å². The van der Waals surface area contributed by atoms with E-state index in [2.05, 4.69) is 10.5 Å². The molecule has 0 saturated heterocycles. The van der Waals surface area contributed by atoms with Gasteiger partial charge in [-0.15, -0.1) is 0 Å². The summed E-state index contributed by atoms with van der Waals surface area (Å²) in [6.45, 7) is 4.88. The molecular weight excluding hydrogens is 316 g/mol. The van der Waals surface area contributed by atoms with Crippen LogP contribution < -0.4 is 5.43 Å². The van der Waals surface area contributed by atoms with Gasteiger partial charge in [0.2, 0.25) is 0 Å². The van der Waals surface area contributed by atoms with Gasteiger partial charge in [0.15, 0.2) is 5.71 Å². The molecule has 0 heterocycles. The van der Waals surface area contributed by atoms with Crippen LogP contribution in [0.25, 0.3) is 0 Å². The molecule has 1 aromatic carbocycles. The molecule has 0 aliphatic carbocycles. The standard InChI is InChI=1S/C16H20N2O6/c1-4-23-15(21)10(3)13(16(22)24-5-2)17-18-14(20)11-8-6-7-9-12(11)19/h6-10,19H,4-5H2,1-3H3,(H,18,20). The summed E-state index contributed by atoms with van der Waals surface area (Å²) in [5, 5.41) is 13.3. The Kier molecular flexibility index (Phi) is 7.41. The van der Waals surface area contributed by atoms with Crippen LogP contribution in [0.1, 0.15) is 31.1 Å². The normalized spacial score (nSPS) is 12.2. The average molecular weight is 336 g/mol. The monoisotopic (exact) mass is 336 g/mol. The fraction of sp³-hybridized carbons (Fsp3) is 0.375. The molecule has 1 atom stereocenters. The number of hydrazone groups is 1. The molecule has 0 aromatic heterocycles. The molecule has 8 nitrogen and oxygen atoms in total. The van der Waals surface area contributed by atoms with Gasteiger partial charge in [-0.1, -0.05) is 12.1 Å². The first-order valence-electron chi connectivity index (χ1n) is 7.42. The van der Waals surface area contributed by atoms with Gasteiger partial charge >= 0.3 is 11.9 Å². The number of benzene rings is 1. The number of hydrogen-bond acceptors (Lipinski definition) is 7. The first kappa shape index (κ1) is 19.1. The van der Waals surface area contributed by atoms with E-state index in [9.17, 15) is 19.5 Å². The number of ether oxygens (including phenoxy) is 2. The number of carbonyl (C=O) groups is 3. The number of aromatic hydroxyl groups is 1. The van der Waals surface area contributed by atoms with Crippen LogP contribution in [0.5, 0.6) is 5.75 Å². The third-order valence-electron chi connectivity index (χ3n) is 2.96. The number of esters is 2. The largest absolute Gasteiger partial charge is 0.507 e. The number of phenolic OH excluding ortho intramolecular Hbond substituents is 1. The van der Waals surface area contributed by atoms with Gasteiger partial charge in [-0.2, -0.15) is 5.10 Å². The summed E-state index contributed by atoms with van der Waals surface area (Å²) in [5.41, 5.74) is 1.82. The molecule has 24 heavy (non-hydrogen) atoms. The molecule has 2 N–H and O–H groups in total. The molecule has 1 amide bonds. The minimum atomic E-state index is -1.02. The maximum absolute atomic E-state index is 12.0. The van der Waals surface area contributed by atoms with E-state index in [0.717, 1.165) is 0 Å². The quantitative estimate of drug-likeness (QED) is 0.440. The second-order valence-corrected chi connectivity index (χ2v) is 4.65. The van der Waals surface area contributed by atoms with Crippen LogP contribution in [0, 0.1) is 5.92 Å². The summed E-state index contributed by atoms with van der Waals surface area (Å²) in [5.74, 6) is -3.49. The lowest BCUT2D eigenvalue weighted by atomic mass is 10.1. The zero-order valence-electron chi connectivity index (χ0n) is 13.7. The number of nitrogens with zero attached hydrogens (tertiary/aromatic N) is 1. The van der Waals surface area contributed by atoms with Crippen molar-refractivity contribution in [3.8, 4) is 5.75 Å². The molecule has 1 rings (SSSR count). The molecule has 130 valence electrons. The van der Waals surface area contributed by atoms with Crippen molar-refractivity contribution < 1.29 is 29.0 Å². The number of phenols is 1. The molecule has 0 aliphatic heterocycles. The third kappa shape index (κ3) is 5.08. The fourth-order valence-corrected chi connectivity index (χ4v) is 1.74. The Labute approximate surface area is 139 Å². The molecule has 0 saturated carbocycles. The van der Waals surface area contributed by atoms with Gasteiger partial charge in [0.25, 0.3) is 5.91 Å². The van der Waals surface area contributed by atoms with Crippen LogP contribution in [0.3, 0.4) is 0 Å². The number of rotatable bonds is 7. The van der Waals surface area contributed by atoms with Crippen molar-refractivity contribution in [2.45, 2.75) is 20.8 Å². The molecular formula is C16H20N2O6. The molecule has 1 aromatic rings. The van der Waals surface area contributed by atoms with Crippen LogP contribution in [-0.2, 0) is 19.1 Å². The lowest BCUT2D eigenvalue weighted by Crippen LogP contribution is -2.34. The van der Waals surface area contributed by atoms with Crippen molar-refractivity contribution in [1.82, 2.24) is 5.43 Å². The number of amides is 1. The van der Waals surface area contributed by atoms with Crippen molar-refractivity contribution in [1.29, 1.82) is 0 Å². The van der Waals surface area contributed by atoms with Gasteiger partial charge in [-0.05, 0) is 32.9 Å². The minimum absolute atomic E-state index is 0.0201. The first-order valence-corrected chi connectivity index (χ1v) is 7.42. The Morgan fingerprint density at radius 2 is 1.79 bits per heavy atom. The van der Waals surface area contributed by atoms with Crippen molar-refractivity contribution in [2.24, 2.45) is 11.0 Å².